The monoisotopic (exact) mass is 420 g/mol. The Morgan fingerprint density at radius 3 is 2.52 bits per heavy atom. The second-order valence-corrected chi connectivity index (χ2v) is 7.44. The molecular formula is C25H25FN2O3. The fraction of sp³-hybridized carbons (Fsp3) is 0.240. The first-order valence-electron chi connectivity index (χ1n) is 10.4. The van der Waals surface area contributed by atoms with E-state index in [0.29, 0.717) is 23.6 Å². The molecule has 0 spiro atoms. The molecule has 1 aliphatic heterocycles. The van der Waals surface area contributed by atoms with Gasteiger partial charge in [0.25, 0.3) is 0 Å². The first kappa shape index (κ1) is 21.0. The van der Waals surface area contributed by atoms with Crippen molar-refractivity contribution in [2.45, 2.75) is 13.1 Å². The summed E-state index contributed by atoms with van der Waals surface area (Å²) in [6, 6.07) is 18.1. The smallest absolute Gasteiger partial charge is 0.244 e. The Hall–Kier alpha value is -3.22. The largest absolute Gasteiger partial charge is 0.457 e. The van der Waals surface area contributed by atoms with E-state index in [-0.39, 0.29) is 11.7 Å². The second-order valence-electron chi connectivity index (χ2n) is 7.44. The molecule has 5 nitrogen and oxygen atoms in total. The van der Waals surface area contributed by atoms with Gasteiger partial charge in [0.2, 0.25) is 5.91 Å². The van der Waals surface area contributed by atoms with Crippen LogP contribution in [-0.2, 0) is 22.6 Å². The summed E-state index contributed by atoms with van der Waals surface area (Å²) < 4.78 is 24.9. The number of hydrogen-bond donors (Lipinski definition) is 1. The summed E-state index contributed by atoms with van der Waals surface area (Å²) in [7, 11) is 0. The number of amides is 1. The zero-order chi connectivity index (χ0) is 21.5. The summed E-state index contributed by atoms with van der Waals surface area (Å²) in [5, 5.41) is 2.86. The van der Waals surface area contributed by atoms with Gasteiger partial charge in [-0.1, -0.05) is 36.4 Å². The predicted octanol–water partition coefficient (Wildman–Crippen LogP) is 4.25. The van der Waals surface area contributed by atoms with Crippen molar-refractivity contribution in [3.05, 3.63) is 89.4 Å². The molecule has 3 aromatic rings. The van der Waals surface area contributed by atoms with E-state index in [1.165, 1.54) is 17.7 Å². The molecule has 6 heteroatoms. The van der Waals surface area contributed by atoms with Crippen LogP contribution in [0.1, 0.15) is 16.9 Å². The molecule has 1 fully saturated rings. The zero-order valence-corrected chi connectivity index (χ0v) is 17.2. The van der Waals surface area contributed by atoms with Crippen molar-refractivity contribution < 1.29 is 18.3 Å². The van der Waals surface area contributed by atoms with Crippen LogP contribution in [0.5, 0.6) is 0 Å². The Kier molecular flexibility index (Phi) is 6.92. The fourth-order valence-electron chi connectivity index (χ4n) is 3.43. The molecule has 1 N–H and O–H groups in total. The summed E-state index contributed by atoms with van der Waals surface area (Å²) in [5.41, 5.74) is 2.68. The van der Waals surface area contributed by atoms with E-state index in [2.05, 4.69) is 22.3 Å². The van der Waals surface area contributed by atoms with Crippen molar-refractivity contribution in [3.63, 3.8) is 0 Å². The van der Waals surface area contributed by atoms with Crippen LogP contribution in [0.4, 0.5) is 4.39 Å². The molecule has 1 saturated heterocycles. The topological polar surface area (TPSA) is 54.7 Å². The minimum absolute atomic E-state index is 0.221. The van der Waals surface area contributed by atoms with E-state index >= 15 is 0 Å². The van der Waals surface area contributed by atoms with Gasteiger partial charge in [-0.2, -0.15) is 0 Å². The maximum absolute atomic E-state index is 13.9. The van der Waals surface area contributed by atoms with Crippen molar-refractivity contribution in [3.8, 4) is 11.3 Å². The quantitative estimate of drug-likeness (QED) is 0.581. The van der Waals surface area contributed by atoms with Gasteiger partial charge in [-0.25, -0.2) is 4.39 Å². The van der Waals surface area contributed by atoms with Crippen LogP contribution in [0.15, 0.2) is 71.2 Å². The molecule has 1 aromatic heterocycles. The highest BCUT2D eigenvalue weighted by molar-refractivity contribution is 5.91. The van der Waals surface area contributed by atoms with Gasteiger partial charge in [0.1, 0.15) is 17.3 Å². The molecule has 2 heterocycles. The molecular weight excluding hydrogens is 395 g/mol. The van der Waals surface area contributed by atoms with E-state index in [1.54, 1.807) is 36.4 Å². The summed E-state index contributed by atoms with van der Waals surface area (Å²) in [5.74, 6) is 0.346. The van der Waals surface area contributed by atoms with Crippen molar-refractivity contribution in [1.82, 2.24) is 10.2 Å². The SMILES string of the molecule is O=C(/C=C/c1ccc(-c2ccccc2F)o1)NCc1ccc(CN2CCOCC2)cc1. The highest BCUT2D eigenvalue weighted by Gasteiger charge is 2.11. The first-order chi connectivity index (χ1) is 15.2. The van der Waals surface area contributed by atoms with Crippen molar-refractivity contribution >= 4 is 12.0 Å². The Bertz CT molecular complexity index is 1040. The van der Waals surface area contributed by atoms with Gasteiger partial charge in [-0.3, -0.25) is 9.69 Å². The molecule has 0 aliphatic carbocycles. The summed E-state index contributed by atoms with van der Waals surface area (Å²) in [6.07, 6.45) is 2.99. The maximum Gasteiger partial charge on any atom is 0.244 e. The van der Waals surface area contributed by atoms with Crippen LogP contribution in [0.3, 0.4) is 0 Å². The van der Waals surface area contributed by atoms with Gasteiger partial charge in [0.05, 0.1) is 18.8 Å². The average molecular weight is 420 g/mol. The number of morpholine rings is 1. The van der Waals surface area contributed by atoms with Gasteiger partial charge in [0.15, 0.2) is 0 Å². The standard InChI is InChI=1S/C25H25FN2O3/c26-23-4-2-1-3-22(23)24-11-9-21(31-24)10-12-25(29)27-17-19-5-7-20(8-6-19)18-28-13-15-30-16-14-28/h1-12H,13-18H2,(H,27,29)/b12-10+. The summed E-state index contributed by atoms with van der Waals surface area (Å²) >= 11 is 0. The number of carbonyl (C=O) groups is 1. The van der Waals surface area contributed by atoms with E-state index in [9.17, 15) is 9.18 Å². The molecule has 31 heavy (non-hydrogen) atoms. The number of benzene rings is 2. The van der Waals surface area contributed by atoms with Gasteiger partial charge in [-0.15, -0.1) is 0 Å². The number of rotatable bonds is 7. The molecule has 0 atom stereocenters. The number of ether oxygens (including phenoxy) is 1. The van der Waals surface area contributed by atoms with E-state index in [4.69, 9.17) is 9.15 Å². The number of carbonyl (C=O) groups excluding carboxylic acids is 1. The lowest BCUT2D eigenvalue weighted by molar-refractivity contribution is -0.116. The van der Waals surface area contributed by atoms with Gasteiger partial charge in [-0.05, 0) is 41.5 Å². The molecule has 0 radical (unpaired) electrons. The first-order valence-corrected chi connectivity index (χ1v) is 10.4. The highest BCUT2D eigenvalue weighted by Crippen LogP contribution is 2.25. The number of furan rings is 1. The highest BCUT2D eigenvalue weighted by atomic mass is 19.1. The third kappa shape index (κ3) is 5.90. The lowest BCUT2D eigenvalue weighted by Crippen LogP contribution is -2.35. The van der Waals surface area contributed by atoms with Gasteiger partial charge in [0, 0.05) is 32.3 Å². The van der Waals surface area contributed by atoms with E-state index in [0.717, 1.165) is 38.4 Å². The lowest BCUT2D eigenvalue weighted by Gasteiger charge is -2.26. The zero-order valence-electron chi connectivity index (χ0n) is 17.2. The third-order valence-corrected chi connectivity index (χ3v) is 5.16. The molecule has 1 amide bonds. The Morgan fingerprint density at radius 1 is 1.00 bits per heavy atom. The number of hydrogen-bond acceptors (Lipinski definition) is 4. The minimum atomic E-state index is -0.346. The Labute approximate surface area is 181 Å². The minimum Gasteiger partial charge on any atom is -0.457 e. The molecule has 160 valence electrons. The van der Waals surface area contributed by atoms with Crippen molar-refractivity contribution in [1.29, 1.82) is 0 Å². The number of halogens is 1. The number of nitrogens with zero attached hydrogens (tertiary/aromatic N) is 1. The number of nitrogens with one attached hydrogen (secondary N) is 1. The van der Waals surface area contributed by atoms with Gasteiger partial charge < -0.3 is 14.5 Å². The Balaban J connectivity index is 1.26. The predicted molar refractivity (Wildman–Crippen MR) is 118 cm³/mol. The van der Waals surface area contributed by atoms with Crippen molar-refractivity contribution in [2.24, 2.45) is 0 Å². The second kappa shape index (κ2) is 10.2. The summed E-state index contributed by atoms with van der Waals surface area (Å²) in [4.78, 5) is 14.5. The fourth-order valence-corrected chi connectivity index (χ4v) is 3.43. The van der Waals surface area contributed by atoms with Crippen LogP contribution in [0.25, 0.3) is 17.4 Å². The van der Waals surface area contributed by atoms with Crippen LogP contribution in [-0.4, -0.2) is 37.1 Å². The van der Waals surface area contributed by atoms with E-state index in [1.807, 2.05) is 12.1 Å². The molecule has 2 aromatic carbocycles. The van der Waals surface area contributed by atoms with Crippen molar-refractivity contribution in [2.75, 3.05) is 26.3 Å². The molecule has 0 unspecified atom stereocenters. The molecule has 0 saturated carbocycles. The molecule has 4 rings (SSSR count). The van der Waals surface area contributed by atoms with Crippen LogP contribution >= 0.6 is 0 Å². The average Bonchev–Trinajstić information content (AvgIpc) is 3.27. The molecule has 0 bridgehead atoms. The lowest BCUT2D eigenvalue weighted by atomic mass is 10.1. The molecule has 1 aliphatic rings. The maximum atomic E-state index is 13.9. The van der Waals surface area contributed by atoms with E-state index < -0.39 is 0 Å². The van der Waals surface area contributed by atoms with Crippen LogP contribution in [0, 0.1) is 5.82 Å². The summed E-state index contributed by atoms with van der Waals surface area (Å²) in [6.45, 7) is 4.86. The normalized spacial score (nSPS) is 14.7. The van der Waals surface area contributed by atoms with Crippen LogP contribution in [0.2, 0.25) is 0 Å². The van der Waals surface area contributed by atoms with Crippen LogP contribution < -0.4 is 5.32 Å². The van der Waals surface area contributed by atoms with Gasteiger partial charge >= 0.3 is 0 Å². The Morgan fingerprint density at radius 2 is 1.74 bits per heavy atom. The third-order valence-electron chi connectivity index (χ3n) is 5.16.